The molecule has 1 aliphatic heterocycles. The van der Waals surface area contributed by atoms with Crippen molar-refractivity contribution in [3.05, 3.63) is 0 Å². The Bertz CT molecular complexity index is 163. The molecule has 0 atom stereocenters. The van der Waals surface area contributed by atoms with Crippen molar-refractivity contribution in [1.82, 2.24) is 0 Å². The lowest BCUT2D eigenvalue weighted by atomic mass is 11.6. The highest BCUT2D eigenvalue weighted by molar-refractivity contribution is 8.36. The number of hydrogen-bond acceptors (Lipinski definition) is 3. The lowest BCUT2D eigenvalue weighted by Gasteiger charge is -1.65. The van der Waals surface area contributed by atoms with Crippen molar-refractivity contribution in [3.63, 3.8) is 0 Å². The molecule has 7 heavy (non-hydrogen) atoms. The second kappa shape index (κ2) is 1.82. The van der Waals surface area contributed by atoms with Crippen LogP contribution < -0.4 is 0 Å². The Morgan fingerprint density at radius 2 is 2.00 bits per heavy atom. The molecule has 0 unspecified atom stereocenters. The molecule has 0 aromatic rings. The van der Waals surface area contributed by atoms with Crippen LogP contribution in [0.1, 0.15) is 0 Å². The summed E-state index contributed by atoms with van der Waals surface area (Å²) in [5.74, 6) is 0. The van der Waals surface area contributed by atoms with Gasteiger partial charge in [0.1, 0.15) is 0 Å². The monoisotopic (exact) mass is 114 g/mol. The largest absolute Gasteiger partial charge is 0.226 e. The molecule has 4 heteroatoms. The molecule has 0 radical (unpaired) electrons. The molecule has 0 bridgehead atoms. The van der Waals surface area contributed by atoms with Crippen molar-refractivity contribution in [2.45, 2.75) is 0 Å². The summed E-state index contributed by atoms with van der Waals surface area (Å²) in [7, 11) is -0.523. The number of nitrogens with zero attached hydrogens (tertiary/aromatic N) is 2. The van der Waals surface area contributed by atoms with Gasteiger partial charge in [0.05, 0.1) is 11.1 Å². The lowest BCUT2D eigenvalue weighted by molar-refractivity contribution is 0.572. The predicted molar refractivity (Wildman–Crippen MR) is 30.3 cm³/mol. The Morgan fingerprint density at radius 1 is 1.43 bits per heavy atom. The summed E-state index contributed by atoms with van der Waals surface area (Å²) in [5.41, 5.74) is 2.93. The Morgan fingerprint density at radius 3 is 2.29 bits per heavy atom. The standard InChI is InChI=1S/C3H2N2OS/c6-3-7-1-4-5-2-7/h1-2H. The Hall–Kier alpha value is -0.730. The van der Waals surface area contributed by atoms with Crippen LogP contribution in [-0.4, -0.2) is 16.3 Å². The minimum absolute atomic E-state index is 0.523. The van der Waals surface area contributed by atoms with E-state index in [1.165, 1.54) is 11.1 Å². The highest BCUT2D eigenvalue weighted by Crippen LogP contribution is 2.04. The molecule has 1 aliphatic rings. The van der Waals surface area contributed by atoms with Gasteiger partial charge in [0, 0.05) is 0 Å². The second-order valence-corrected chi connectivity index (χ2v) is 2.23. The molecule has 0 saturated heterocycles. The molecule has 1 heterocycles. The van der Waals surface area contributed by atoms with E-state index in [1.54, 1.807) is 5.23 Å². The Balaban J connectivity index is 3.00. The first kappa shape index (κ1) is 4.43. The van der Waals surface area contributed by atoms with Crippen LogP contribution in [0.4, 0.5) is 0 Å². The van der Waals surface area contributed by atoms with E-state index < -0.39 is 10.5 Å². The van der Waals surface area contributed by atoms with E-state index in [2.05, 4.69) is 10.2 Å². The zero-order chi connectivity index (χ0) is 5.11. The molecule has 0 aromatic carbocycles. The van der Waals surface area contributed by atoms with Crippen LogP contribution in [-0.2, 0) is 4.79 Å². The van der Waals surface area contributed by atoms with Gasteiger partial charge in [-0.2, -0.15) is 10.2 Å². The molecule has 0 saturated carbocycles. The maximum absolute atomic E-state index is 9.71. The van der Waals surface area contributed by atoms with Crippen molar-refractivity contribution in [2.24, 2.45) is 10.2 Å². The van der Waals surface area contributed by atoms with Crippen molar-refractivity contribution in [2.75, 3.05) is 0 Å². The van der Waals surface area contributed by atoms with Crippen molar-refractivity contribution >= 4 is 26.8 Å². The smallest absolute Gasteiger partial charge is 0.167 e. The number of rotatable bonds is 0. The normalized spacial score (nSPS) is 17.7. The molecule has 0 aliphatic carbocycles. The Labute approximate surface area is 42.7 Å². The molecule has 1 rings (SSSR count). The van der Waals surface area contributed by atoms with Crippen LogP contribution >= 0.6 is 10.5 Å². The number of carbonyl (C=O) groups excluding carboxylic acids is 1. The van der Waals surface area contributed by atoms with Crippen molar-refractivity contribution in [3.8, 4) is 0 Å². The van der Waals surface area contributed by atoms with Gasteiger partial charge in [-0.25, -0.2) is 4.79 Å². The van der Waals surface area contributed by atoms with E-state index in [-0.39, 0.29) is 0 Å². The van der Waals surface area contributed by atoms with E-state index in [4.69, 9.17) is 0 Å². The zero-order valence-electron chi connectivity index (χ0n) is 3.37. The molecular weight excluding hydrogens is 112 g/mol. The maximum Gasteiger partial charge on any atom is 0.167 e. The van der Waals surface area contributed by atoms with Crippen LogP contribution in [0, 0.1) is 0 Å². The quantitative estimate of drug-likeness (QED) is 0.418. The third-order valence-electron chi connectivity index (χ3n) is 0.484. The highest BCUT2D eigenvalue weighted by atomic mass is 32.2. The topological polar surface area (TPSA) is 41.8 Å². The van der Waals surface area contributed by atoms with Gasteiger partial charge in [-0.15, -0.1) is 0 Å². The zero-order valence-corrected chi connectivity index (χ0v) is 4.18. The summed E-state index contributed by atoms with van der Waals surface area (Å²) in [5, 5.41) is 8.60. The summed E-state index contributed by atoms with van der Waals surface area (Å²) < 4.78 is 0. The summed E-state index contributed by atoms with van der Waals surface area (Å²) >= 11 is 0. The molecule has 0 fully saturated rings. The highest BCUT2D eigenvalue weighted by Gasteiger charge is 1.88. The average Bonchev–Trinajstić information content (AvgIpc) is 2.14. The van der Waals surface area contributed by atoms with Crippen LogP contribution in [0.2, 0.25) is 0 Å². The molecule has 0 aromatic heterocycles. The summed E-state index contributed by atoms with van der Waals surface area (Å²) in [6.07, 6.45) is 0. The minimum Gasteiger partial charge on any atom is -0.226 e. The van der Waals surface area contributed by atoms with Gasteiger partial charge in [-0.05, 0) is 10.5 Å². The van der Waals surface area contributed by atoms with Crippen molar-refractivity contribution in [1.29, 1.82) is 0 Å². The van der Waals surface area contributed by atoms with Gasteiger partial charge in [-0.3, -0.25) is 0 Å². The van der Waals surface area contributed by atoms with E-state index in [1.807, 2.05) is 0 Å². The molecule has 0 N–H and O–H groups in total. The fourth-order valence-electron chi connectivity index (χ4n) is 0.226. The SMILES string of the molecule is O=C=S1C=NN=C1. The van der Waals surface area contributed by atoms with E-state index in [0.29, 0.717) is 0 Å². The molecule has 0 amide bonds. The maximum atomic E-state index is 9.71. The number of hydrogen-bond donors (Lipinski definition) is 0. The lowest BCUT2D eigenvalue weighted by Crippen LogP contribution is -1.60. The van der Waals surface area contributed by atoms with E-state index in [0.717, 1.165) is 0 Å². The van der Waals surface area contributed by atoms with Gasteiger partial charge in [-0.1, -0.05) is 0 Å². The third-order valence-corrected chi connectivity index (χ3v) is 1.32. The van der Waals surface area contributed by atoms with Crippen molar-refractivity contribution < 1.29 is 4.79 Å². The van der Waals surface area contributed by atoms with Gasteiger partial charge in [0.25, 0.3) is 0 Å². The van der Waals surface area contributed by atoms with Crippen LogP contribution in [0.3, 0.4) is 0 Å². The molecule has 3 nitrogen and oxygen atoms in total. The Kier molecular flexibility index (Phi) is 1.15. The third kappa shape index (κ3) is 0.824. The molecule has 36 valence electrons. The summed E-state index contributed by atoms with van der Waals surface area (Å²) in [4.78, 5) is 9.71. The minimum atomic E-state index is -0.523. The fraction of sp³-hybridized carbons (Fsp3) is 0. The summed E-state index contributed by atoms with van der Waals surface area (Å²) in [6.45, 7) is 0. The van der Waals surface area contributed by atoms with Crippen LogP contribution in [0.5, 0.6) is 0 Å². The van der Waals surface area contributed by atoms with E-state index >= 15 is 0 Å². The molecule has 0 spiro atoms. The van der Waals surface area contributed by atoms with Gasteiger partial charge in [0.2, 0.25) is 0 Å². The first-order valence-corrected chi connectivity index (χ1v) is 2.95. The first-order chi connectivity index (χ1) is 3.43. The first-order valence-electron chi connectivity index (χ1n) is 1.60. The van der Waals surface area contributed by atoms with Gasteiger partial charge < -0.3 is 0 Å². The molecular formula is C3H2N2OS. The average molecular weight is 114 g/mol. The summed E-state index contributed by atoms with van der Waals surface area (Å²) in [6, 6.07) is 0. The van der Waals surface area contributed by atoms with Gasteiger partial charge >= 0.3 is 0 Å². The van der Waals surface area contributed by atoms with Crippen LogP contribution in [0.25, 0.3) is 0 Å². The van der Waals surface area contributed by atoms with E-state index in [9.17, 15) is 4.79 Å². The second-order valence-electron chi connectivity index (χ2n) is 0.897. The predicted octanol–water partition coefficient (Wildman–Crippen LogP) is 0.308. The fourth-order valence-corrected chi connectivity index (χ4v) is 0.679. The van der Waals surface area contributed by atoms with Crippen LogP contribution in [0.15, 0.2) is 10.2 Å². The van der Waals surface area contributed by atoms with Gasteiger partial charge in [0.15, 0.2) is 5.23 Å².